The number of benzene rings is 1. The lowest BCUT2D eigenvalue weighted by Gasteiger charge is -2.23. The first-order valence-corrected chi connectivity index (χ1v) is 9.59. The second-order valence-corrected chi connectivity index (χ2v) is 7.22. The van der Waals surface area contributed by atoms with E-state index in [0.717, 1.165) is 48.0 Å². The van der Waals surface area contributed by atoms with E-state index in [1.807, 2.05) is 12.3 Å². The Labute approximate surface area is 163 Å². The molecule has 2 aromatic heterocycles. The molecule has 1 aromatic carbocycles. The number of hydrogen-bond acceptors (Lipinski definition) is 6. The molecule has 3 heterocycles. The highest BCUT2D eigenvalue weighted by molar-refractivity contribution is 5.91. The SMILES string of the molecule is COc1nc(N)nn2ccc(-c3ccc4c(c3)CC(CCCCO)C(C)=N4)c12. The second kappa shape index (κ2) is 7.59. The lowest BCUT2D eigenvalue weighted by atomic mass is 9.86. The van der Waals surface area contributed by atoms with Crippen molar-refractivity contribution in [3.05, 3.63) is 36.0 Å². The number of methoxy groups -OCH3 is 1. The molecule has 28 heavy (non-hydrogen) atoms. The zero-order valence-electron chi connectivity index (χ0n) is 16.2. The zero-order chi connectivity index (χ0) is 19.7. The highest BCUT2D eigenvalue weighted by atomic mass is 16.5. The molecule has 7 heteroatoms. The van der Waals surface area contributed by atoms with Gasteiger partial charge in [-0.05, 0) is 55.5 Å². The largest absolute Gasteiger partial charge is 0.479 e. The molecular weight excluding hydrogens is 354 g/mol. The van der Waals surface area contributed by atoms with Crippen LogP contribution in [0.5, 0.6) is 5.88 Å². The van der Waals surface area contributed by atoms with Crippen molar-refractivity contribution in [2.75, 3.05) is 19.5 Å². The van der Waals surface area contributed by atoms with Gasteiger partial charge in [0.2, 0.25) is 11.8 Å². The Morgan fingerprint density at radius 1 is 1.29 bits per heavy atom. The number of anilines is 1. The van der Waals surface area contributed by atoms with Crippen LogP contribution in [0.4, 0.5) is 11.6 Å². The van der Waals surface area contributed by atoms with Crippen LogP contribution in [0, 0.1) is 5.92 Å². The minimum Gasteiger partial charge on any atom is -0.479 e. The molecule has 7 nitrogen and oxygen atoms in total. The van der Waals surface area contributed by atoms with E-state index in [9.17, 15) is 0 Å². The van der Waals surface area contributed by atoms with Crippen LogP contribution in [-0.2, 0) is 6.42 Å². The minimum atomic E-state index is 0.174. The molecule has 0 saturated heterocycles. The molecule has 0 amide bonds. The van der Waals surface area contributed by atoms with E-state index in [-0.39, 0.29) is 12.6 Å². The monoisotopic (exact) mass is 379 g/mol. The van der Waals surface area contributed by atoms with E-state index in [4.69, 9.17) is 20.6 Å². The maximum Gasteiger partial charge on any atom is 0.243 e. The number of aliphatic hydroxyl groups excluding tert-OH is 1. The molecule has 1 aliphatic heterocycles. The van der Waals surface area contributed by atoms with Gasteiger partial charge in [-0.1, -0.05) is 12.5 Å². The number of rotatable bonds is 6. The smallest absolute Gasteiger partial charge is 0.243 e. The van der Waals surface area contributed by atoms with E-state index in [1.54, 1.807) is 11.6 Å². The molecule has 1 atom stereocenters. The topological polar surface area (TPSA) is 98.0 Å². The van der Waals surface area contributed by atoms with Crippen LogP contribution in [0.2, 0.25) is 0 Å². The van der Waals surface area contributed by atoms with Gasteiger partial charge in [-0.2, -0.15) is 4.98 Å². The first kappa shape index (κ1) is 18.4. The highest BCUT2D eigenvalue weighted by Crippen LogP contribution is 2.37. The molecule has 3 aromatic rings. The van der Waals surface area contributed by atoms with Crippen molar-refractivity contribution in [1.29, 1.82) is 0 Å². The number of hydrogen-bond donors (Lipinski definition) is 2. The quantitative estimate of drug-likeness (QED) is 0.640. The van der Waals surface area contributed by atoms with Crippen LogP contribution < -0.4 is 10.5 Å². The molecule has 1 unspecified atom stereocenters. The van der Waals surface area contributed by atoms with Gasteiger partial charge in [-0.25, -0.2) is 4.52 Å². The Morgan fingerprint density at radius 3 is 2.93 bits per heavy atom. The van der Waals surface area contributed by atoms with E-state index < -0.39 is 0 Å². The van der Waals surface area contributed by atoms with Gasteiger partial charge in [0, 0.05) is 30.0 Å². The number of aromatic nitrogens is 3. The number of aliphatic imine (C=N–C) groups is 1. The number of nitrogens with zero attached hydrogens (tertiary/aromatic N) is 4. The lowest BCUT2D eigenvalue weighted by Crippen LogP contribution is -2.18. The molecule has 0 spiro atoms. The molecule has 0 fully saturated rings. The molecular formula is C21H25N5O2. The molecule has 0 aliphatic carbocycles. The summed E-state index contributed by atoms with van der Waals surface area (Å²) in [5.74, 6) is 1.06. The number of aliphatic hydroxyl groups is 1. The van der Waals surface area contributed by atoms with Crippen molar-refractivity contribution in [2.45, 2.75) is 32.6 Å². The fourth-order valence-electron chi connectivity index (χ4n) is 3.92. The summed E-state index contributed by atoms with van der Waals surface area (Å²) in [5.41, 5.74) is 12.1. The molecule has 1 aliphatic rings. The molecule has 3 N–H and O–H groups in total. The third-order valence-electron chi connectivity index (χ3n) is 5.39. The normalized spacial score (nSPS) is 16.1. The Hall–Kier alpha value is -2.93. The highest BCUT2D eigenvalue weighted by Gasteiger charge is 2.21. The van der Waals surface area contributed by atoms with Crippen LogP contribution in [0.15, 0.2) is 35.5 Å². The molecule has 0 bridgehead atoms. The van der Waals surface area contributed by atoms with Crippen LogP contribution in [0.25, 0.3) is 16.6 Å². The molecule has 146 valence electrons. The Morgan fingerprint density at radius 2 is 2.14 bits per heavy atom. The molecule has 4 rings (SSSR count). The fourth-order valence-corrected chi connectivity index (χ4v) is 3.92. The van der Waals surface area contributed by atoms with E-state index in [1.165, 1.54) is 11.3 Å². The van der Waals surface area contributed by atoms with Gasteiger partial charge in [0.15, 0.2) is 0 Å². The third kappa shape index (κ3) is 3.33. The Balaban J connectivity index is 1.71. The van der Waals surface area contributed by atoms with Crippen molar-refractivity contribution >= 4 is 22.9 Å². The standard InChI is InChI=1S/C21H25N5O2/c1-13-14(5-3-4-10-27)11-16-12-15(6-7-18(16)23-13)17-8-9-26-19(17)20(28-2)24-21(22)25-26/h6-9,12,14,27H,3-5,10-11H2,1-2H3,(H2,22,25). The summed E-state index contributed by atoms with van der Waals surface area (Å²) in [4.78, 5) is 9.03. The summed E-state index contributed by atoms with van der Waals surface area (Å²) in [7, 11) is 1.58. The summed E-state index contributed by atoms with van der Waals surface area (Å²) in [5, 5.41) is 13.3. The maximum atomic E-state index is 9.05. The second-order valence-electron chi connectivity index (χ2n) is 7.22. The van der Waals surface area contributed by atoms with E-state index >= 15 is 0 Å². The third-order valence-corrected chi connectivity index (χ3v) is 5.39. The van der Waals surface area contributed by atoms with Gasteiger partial charge in [-0.3, -0.25) is 4.99 Å². The predicted octanol–water partition coefficient (Wildman–Crippen LogP) is 3.41. The first-order chi connectivity index (χ1) is 13.6. The van der Waals surface area contributed by atoms with Crippen molar-refractivity contribution in [1.82, 2.24) is 14.6 Å². The van der Waals surface area contributed by atoms with Crippen LogP contribution in [0.3, 0.4) is 0 Å². The van der Waals surface area contributed by atoms with Crippen molar-refractivity contribution in [3.63, 3.8) is 0 Å². The van der Waals surface area contributed by atoms with Crippen molar-refractivity contribution in [3.8, 4) is 17.0 Å². The number of fused-ring (bicyclic) bond motifs is 2. The minimum absolute atomic E-state index is 0.174. The van der Waals surface area contributed by atoms with E-state index in [2.05, 4.69) is 35.2 Å². The average molecular weight is 379 g/mol. The van der Waals surface area contributed by atoms with Gasteiger partial charge < -0.3 is 15.6 Å². The lowest BCUT2D eigenvalue weighted by molar-refractivity contribution is 0.280. The Bertz CT molecular complexity index is 1040. The van der Waals surface area contributed by atoms with Crippen molar-refractivity contribution in [2.24, 2.45) is 10.9 Å². The summed E-state index contributed by atoms with van der Waals surface area (Å²) in [6.07, 6.45) is 5.75. The summed E-state index contributed by atoms with van der Waals surface area (Å²) < 4.78 is 7.14. The summed E-state index contributed by atoms with van der Waals surface area (Å²) >= 11 is 0. The van der Waals surface area contributed by atoms with Crippen LogP contribution in [0.1, 0.15) is 31.7 Å². The van der Waals surface area contributed by atoms with Gasteiger partial charge >= 0.3 is 0 Å². The maximum absolute atomic E-state index is 9.05. The number of nitrogens with two attached hydrogens (primary N) is 1. The van der Waals surface area contributed by atoms with E-state index in [0.29, 0.717) is 11.8 Å². The fraction of sp³-hybridized carbons (Fsp3) is 0.381. The van der Waals surface area contributed by atoms with Gasteiger partial charge in [0.25, 0.3) is 0 Å². The first-order valence-electron chi connectivity index (χ1n) is 9.59. The predicted molar refractivity (Wildman–Crippen MR) is 110 cm³/mol. The number of nitrogen functional groups attached to an aromatic ring is 1. The van der Waals surface area contributed by atoms with Crippen molar-refractivity contribution < 1.29 is 9.84 Å². The zero-order valence-corrected chi connectivity index (χ0v) is 16.2. The Kier molecular flexibility index (Phi) is 5.00. The van der Waals surface area contributed by atoms with Gasteiger partial charge in [-0.15, -0.1) is 5.10 Å². The van der Waals surface area contributed by atoms with Gasteiger partial charge in [0.05, 0.1) is 12.8 Å². The summed E-state index contributed by atoms with van der Waals surface area (Å²) in [6, 6.07) is 8.36. The summed E-state index contributed by atoms with van der Waals surface area (Å²) in [6.45, 7) is 2.36. The number of unbranched alkanes of at least 4 members (excludes halogenated alkanes) is 1. The van der Waals surface area contributed by atoms with Crippen LogP contribution >= 0.6 is 0 Å². The van der Waals surface area contributed by atoms with Crippen LogP contribution in [-0.4, -0.2) is 39.1 Å². The average Bonchev–Trinajstić information content (AvgIpc) is 3.11. The number of ether oxygens (including phenoxy) is 1. The van der Waals surface area contributed by atoms with Gasteiger partial charge in [0.1, 0.15) is 5.52 Å². The molecule has 0 saturated carbocycles. The molecule has 0 radical (unpaired) electrons.